The zero-order valence-electron chi connectivity index (χ0n) is 9.74. The number of hydrogen-bond acceptors (Lipinski definition) is 4. The Hall–Kier alpha value is -2.42. The fraction of sp³-hybridized carbons (Fsp3) is 0.333. The van der Waals surface area contributed by atoms with E-state index in [1.165, 1.54) is 12.1 Å². The molecule has 0 bridgehead atoms. The van der Waals surface area contributed by atoms with E-state index in [9.17, 15) is 10.1 Å². The molecule has 0 amide bonds. The maximum absolute atomic E-state index is 10.5. The second kappa shape index (κ2) is 5.27. The van der Waals surface area contributed by atoms with Gasteiger partial charge in [0.2, 0.25) is 5.84 Å². The van der Waals surface area contributed by atoms with Gasteiger partial charge in [0.25, 0.3) is 5.69 Å². The summed E-state index contributed by atoms with van der Waals surface area (Å²) in [5.41, 5.74) is 0.581. The Morgan fingerprint density at radius 2 is 1.94 bits per heavy atom. The Kier molecular flexibility index (Phi) is 3.53. The number of rotatable bonds is 2. The minimum atomic E-state index is -0.459. The molecule has 1 aromatic carbocycles. The largest absolute Gasteiger partial charge is 0.348 e. The van der Waals surface area contributed by atoms with Gasteiger partial charge in [-0.1, -0.05) is 0 Å². The van der Waals surface area contributed by atoms with E-state index in [2.05, 4.69) is 11.1 Å². The molecule has 6 nitrogen and oxygen atoms in total. The molecule has 6 heteroatoms. The lowest BCUT2D eigenvalue weighted by atomic mass is 10.3. The van der Waals surface area contributed by atoms with Gasteiger partial charge in [-0.2, -0.15) is 5.26 Å². The summed E-state index contributed by atoms with van der Waals surface area (Å²) < 4.78 is 0. The first-order chi connectivity index (χ1) is 8.70. The standard InChI is InChI=1S/C12H12N4O2/c13-9-12(15-7-1-2-8-15)14-10-3-5-11(6-4-10)16(17)18/h3-6H,1-2,7-8H2. The highest BCUT2D eigenvalue weighted by Gasteiger charge is 2.15. The molecular formula is C12H12N4O2. The van der Waals surface area contributed by atoms with Crippen molar-refractivity contribution in [3.63, 3.8) is 0 Å². The Labute approximate surface area is 104 Å². The van der Waals surface area contributed by atoms with Crippen LogP contribution < -0.4 is 0 Å². The molecule has 1 aliphatic heterocycles. The van der Waals surface area contributed by atoms with Crippen LogP contribution in [0.15, 0.2) is 29.3 Å². The second-order valence-corrected chi connectivity index (χ2v) is 4.01. The van der Waals surface area contributed by atoms with Crippen molar-refractivity contribution in [2.45, 2.75) is 12.8 Å². The van der Waals surface area contributed by atoms with E-state index in [-0.39, 0.29) is 5.69 Å². The molecule has 0 unspecified atom stereocenters. The number of likely N-dealkylation sites (tertiary alicyclic amines) is 1. The number of nitrogens with zero attached hydrogens (tertiary/aromatic N) is 4. The second-order valence-electron chi connectivity index (χ2n) is 4.01. The van der Waals surface area contributed by atoms with Gasteiger partial charge in [0.1, 0.15) is 6.07 Å². The Morgan fingerprint density at radius 3 is 2.44 bits per heavy atom. The topological polar surface area (TPSA) is 82.5 Å². The highest BCUT2D eigenvalue weighted by Crippen LogP contribution is 2.19. The maximum Gasteiger partial charge on any atom is 0.269 e. The van der Waals surface area contributed by atoms with Crippen molar-refractivity contribution in [2.24, 2.45) is 4.99 Å². The van der Waals surface area contributed by atoms with Gasteiger partial charge in [-0.25, -0.2) is 4.99 Å². The normalized spacial score (nSPS) is 15.5. The van der Waals surface area contributed by atoms with Gasteiger partial charge in [-0.15, -0.1) is 0 Å². The van der Waals surface area contributed by atoms with Crippen molar-refractivity contribution >= 4 is 17.2 Å². The fourth-order valence-corrected chi connectivity index (χ4v) is 1.87. The van der Waals surface area contributed by atoms with Crippen LogP contribution in [0.25, 0.3) is 0 Å². The fourth-order valence-electron chi connectivity index (χ4n) is 1.87. The summed E-state index contributed by atoms with van der Waals surface area (Å²) in [5, 5.41) is 19.6. The van der Waals surface area contributed by atoms with Crippen LogP contribution >= 0.6 is 0 Å². The average molecular weight is 244 g/mol. The van der Waals surface area contributed by atoms with Crippen molar-refractivity contribution in [3.05, 3.63) is 34.4 Å². The van der Waals surface area contributed by atoms with Gasteiger partial charge in [0.15, 0.2) is 0 Å². The highest BCUT2D eigenvalue weighted by atomic mass is 16.6. The number of nitriles is 1. The zero-order chi connectivity index (χ0) is 13.0. The molecule has 0 spiro atoms. The molecule has 0 atom stereocenters. The van der Waals surface area contributed by atoms with Crippen molar-refractivity contribution in [3.8, 4) is 6.07 Å². The zero-order valence-corrected chi connectivity index (χ0v) is 9.74. The van der Waals surface area contributed by atoms with Gasteiger partial charge >= 0.3 is 0 Å². The molecule has 1 fully saturated rings. The van der Waals surface area contributed by atoms with E-state index in [4.69, 9.17) is 5.26 Å². The van der Waals surface area contributed by atoms with Crippen LogP contribution in [0.4, 0.5) is 11.4 Å². The number of amidine groups is 1. The molecule has 0 saturated carbocycles. The van der Waals surface area contributed by atoms with E-state index in [1.807, 2.05) is 4.90 Å². The van der Waals surface area contributed by atoms with Crippen LogP contribution in [0.2, 0.25) is 0 Å². The molecule has 0 aliphatic carbocycles. The molecule has 1 aromatic rings. The quantitative estimate of drug-likeness (QED) is 0.345. The lowest BCUT2D eigenvalue weighted by molar-refractivity contribution is -0.384. The molecule has 18 heavy (non-hydrogen) atoms. The number of aliphatic imine (C=N–C) groups is 1. The predicted molar refractivity (Wildman–Crippen MR) is 66.6 cm³/mol. The summed E-state index contributed by atoms with van der Waals surface area (Å²) in [4.78, 5) is 16.2. The van der Waals surface area contributed by atoms with Crippen molar-refractivity contribution in [1.29, 1.82) is 5.26 Å². The smallest absolute Gasteiger partial charge is 0.269 e. The lowest BCUT2D eigenvalue weighted by Gasteiger charge is -2.13. The van der Waals surface area contributed by atoms with E-state index in [0.29, 0.717) is 11.5 Å². The van der Waals surface area contributed by atoms with E-state index < -0.39 is 4.92 Å². The highest BCUT2D eigenvalue weighted by molar-refractivity contribution is 5.98. The first kappa shape index (κ1) is 12.0. The van der Waals surface area contributed by atoms with Crippen LogP contribution in [0, 0.1) is 21.4 Å². The van der Waals surface area contributed by atoms with Gasteiger partial charge in [0.05, 0.1) is 10.6 Å². The van der Waals surface area contributed by atoms with Gasteiger partial charge < -0.3 is 4.90 Å². The number of nitro groups is 1. The number of hydrogen-bond donors (Lipinski definition) is 0. The first-order valence-corrected chi connectivity index (χ1v) is 5.69. The minimum absolute atomic E-state index is 0.0219. The van der Waals surface area contributed by atoms with Crippen LogP contribution in [-0.4, -0.2) is 28.7 Å². The molecule has 1 saturated heterocycles. The summed E-state index contributed by atoms with van der Waals surface area (Å²) in [6.45, 7) is 1.69. The number of nitro benzene ring substituents is 1. The minimum Gasteiger partial charge on any atom is -0.348 e. The predicted octanol–water partition coefficient (Wildman–Crippen LogP) is 2.24. The third-order valence-electron chi connectivity index (χ3n) is 2.80. The summed E-state index contributed by atoms with van der Waals surface area (Å²) in [5.74, 6) is 0.376. The molecule has 0 radical (unpaired) electrons. The van der Waals surface area contributed by atoms with E-state index >= 15 is 0 Å². The van der Waals surface area contributed by atoms with Crippen molar-refractivity contribution in [2.75, 3.05) is 13.1 Å². The molecular weight excluding hydrogens is 232 g/mol. The monoisotopic (exact) mass is 244 g/mol. The van der Waals surface area contributed by atoms with E-state index in [1.54, 1.807) is 12.1 Å². The van der Waals surface area contributed by atoms with Gasteiger partial charge in [-0.05, 0) is 25.0 Å². The molecule has 1 heterocycles. The van der Waals surface area contributed by atoms with Crippen molar-refractivity contribution < 1.29 is 4.92 Å². The maximum atomic E-state index is 10.5. The summed E-state index contributed by atoms with van der Waals surface area (Å²) in [7, 11) is 0. The van der Waals surface area contributed by atoms with Gasteiger partial charge in [0, 0.05) is 25.2 Å². The number of benzene rings is 1. The lowest BCUT2D eigenvalue weighted by Crippen LogP contribution is -2.26. The van der Waals surface area contributed by atoms with Crippen LogP contribution in [0.1, 0.15) is 12.8 Å². The third kappa shape index (κ3) is 2.63. The van der Waals surface area contributed by atoms with Gasteiger partial charge in [-0.3, -0.25) is 10.1 Å². The molecule has 0 N–H and O–H groups in total. The third-order valence-corrected chi connectivity index (χ3v) is 2.80. The molecule has 2 rings (SSSR count). The molecule has 0 aromatic heterocycles. The first-order valence-electron chi connectivity index (χ1n) is 5.69. The molecule has 1 aliphatic rings. The Bertz CT molecular complexity index is 510. The SMILES string of the molecule is N#CC(=Nc1ccc([N+](=O)[O-])cc1)N1CCCC1. The van der Waals surface area contributed by atoms with E-state index in [0.717, 1.165) is 25.9 Å². The number of non-ortho nitro benzene ring substituents is 1. The average Bonchev–Trinajstić information content (AvgIpc) is 2.90. The summed E-state index contributed by atoms with van der Waals surface area (Å²) in [6, 6.07) is 7.94. The van der Waals surface area contributed by atoms with Crippen LogP contribution in [0.3, 0.4) is 0 Å². The Balaban J connectivity index is 2.20. The summed E-state index contributed by atoms with van der Waals surface area (Å²) in [6.07, 6.45) is 2.14. The molecule has 92 valence electrons. The Morgan fingerprint density at radius 1 is 1.33 bits per heavy atom. The van der Waals surface area contributed by atoms with Crippen LogP contribution in [-0.2, 0) is 0 Å². The van der Waals surface area contributed by atoms with Crippen LogP contribution in [0.5, 0.6) is 0 Å². The van der Waals surface area contributed by atoms with Crippen molar-refractivity contribution in [1.82, 2.24) is 4.90 Å². The summed E-state index contributed by atoms with van der Waals surface area (Å²) >= 11 is 0.